The van der Waals surface area contributed by atoms with Gasteiger partial charge < -0.3 is 60.6 Å². The van der Waals surface area contributed by atoms with Gasteiger partial charge in [0.05, 0.1) is 27.1 Å². The molecule has 14 rings (SSSR count). The standard InChI is InChI=1S/C15H18F2O.C15H20FNO.C15H21NO.C14H18ClNO.C14H17F2NO.2C14H18FNO/c1-8-6-10-11(16)7-12(18-15(3,4)5)14(17)13(10)9(8)2;1-9-10(2)17(6)11-7-8-12(14(16)13(9)11)18-15(3,4)5;1-10-9-12-11(2)14(17-15(3,4)5)8-7-13(12)16(10)6;1-9-8-10-11(16(9)5)6-7-12(13(10)15)17-14(2,3)4;1-8-6-9-12(16)11(18-14(2,3)4)7-10(15)13(9)17(8)5;1-9-6-10-7-11(17-14(2,3)4)8-12(15)13(10)16(9)5;1-9-8-10-11(16(9)5)6-7-12(13(10)15)17-14(2,3)4/h7H,6H2,1-5H3;7-8H,1-6H3;7-9H,1-6H3;6-8H,1-5H3;6-7H,1-5H3;2*6-8H,1-5H3. The molecule has 0 bridgehead atoms. The van der Waals surface area contributed by atoms with Crippen LogP contribution in [-0.4, -0.2) is 66.6 Å². The van der Waals surface area contributed by atoms with Crippen LogP contribution in [0.5, 0.6) is 40.2 Å². The highest BCUT2D eigenvalue weighted by atomic mass is 35.5. The smallest absolute Gasteiger partial charge is 0.174 e. The summed E-state index contributed by atoms with van der Waals surface area (Å²) in [5.74, 6) is 0.303. The lowest BCUT2D eigenvalue weighted by Crippen LogP contribution is -2.24. The molecule has 21 heteroatoms. The summed E-state index contributed by atoms with van der Waals surface area (Å²) in [5, 5.41) is 5.45. The van der Waals surface area contributed by atoms with Crippen LogP contribution in [0.3, 0.4) is 0 Å². The molecule has 0 saturated heterocycles. The third-order valence-corrected chi connectivity index (χ3v) is 21.0. The van der Waals surface area contributed by atoms with Crippen molar-refractivity contribution in [3.05, 3.63) is 211 Å². The van der Waals surface area contributed by atoms with E-state index in [1.807, 2.05) is 231 Å². The molecule has 0 atom stereocenters. The molecule has 1 aliphatic carbocycles. The van der Waals surface area contributed by atoms with E-state index in [0.717, 1.165) is 90.4 Å². The Balaban J connectivity index is 0.000000177. The largest absolute Gasteiger partial charge is 0.488 e. The number of halogens is 8. The van der Waals surface area contributed by atoms with Crippen molar-refractivity contribution in [2.75, 3.05) is 0 Å². The zero-order chi connectivity index (χ0) is 92.2. The number of rotatable bonds is 7. The number of nitrogens with zero attached hydrogens (tertiary/aromatic N) is 6. The second kappa shape index (κ2) is 36.4. The molecule has 0 unspecified atom stereocenters. The second-order valence-corrected chi connectivity index (χ2v) is 39.3. The zero-order valence-electron chi connectivity index (χ0n) is 79.1. The number of hydrogen-bond acceptors (Lipinski definition) is 7. The molecule has 662 valence electrons. The minimum absolute atomic E-state index is 0.00667. The predicted molar refractivity (Wildman–Crippen MR) is 491 cm³/mol. The molecular weight excluding hydrogens is 1580 g/mol. The first-order valence-corrected chi connectivity index (χ1v) is 41.7. The first-order chi connectivity index (χ1) is 55.8. The third-order valence-electron chi connectivity index (χ3n) is 20.6. The van der Waals surface area contributed by atoms with Gasteiger partial charge in [-0.25, -0.2) is 30.7 Å². The highest BCUT2D eigenvalue weighted by molar-refractivity contribution is 6.37. The van der Waals surface area contributed by atoms with E-state index < -0.39 is 39.9 Å². The Kier molecular flexibility index (Phi) is 29.0. The number of aryl methyl sites for hydroxylation is 13. The lowest BCUT2D eigenvalue weighted by Gasteiger charge is -2.22. The summed E-state index contributed by atoms with van der Waals surface area (Å²) in [6.07, 6.45) is 0.486. The van der Waals surface area contributed by atoms with Gasteiger partial charge >= 0.3 is 0 Å². The fourth-order valence-corrected chi connectivity index (χ4v) is 14.5. The van der Waals surface area contributed by atoms with Crippen molar-refractivity contribution in [3.63, 3.8) is 0 Å². The maximum absolute atomic E-state index is 14.5. The van der Waals surface area contributed by atoms with Crippen molar-refractivity contribution < 1.29 is 63.9 Å². The van der Waals surface area contributed by atoms with Crippen molar-refractivity contribution in [2.45, 2.75) is 260 Å². The average Bonchev–Trinajstić information content (AvgIpc) is 1.62. The Morgan fingerprint density at radius 1 is 0.303 bits per heavy atom. The van der Waals surface area contributed by atoms with Crippen LogP contribution in [0.2, 0.25) is 5.02 Å². The number of benzene rings is 7. The summed E-state index contributed by atoms with van der Waals surface area (Å²) in [5.41, 5.74) is 13.8. The Morgan fingerprint density at radius 2 is 0.656 bits per heavy atom. The summed E-state index contributed by atoms with van der Waals surface area (Å²) in [7, 11) is 11.6. The topological polar surface area (TPSA) is 94.2 Å². The van der Waals surface area contributed by atoms with Gasteiger partial charge in [0.2, 0.25) is 0 Å². The van der Waals surface area contributed by atoms with Crippen LogP contribution in [0.4, 0.5) is 30.7 Å². The van der Waals surface area contributed by atoms with E-state index in [1.54, 1.807) is 50.6 Å². The van der Waals surface area contributed by atoms with Crippen LogP contribution in [-0.2, 0) is 48.7 Å². The quantitative estimate of drug-likeness (QED) is 0.147. The number of allylic oxidation sites excluding steroid dienone is 2. The first-order valence-electron chi connectivity index (χ1n) is 41.3. The molecule has 6 aromatic heterocycles. The molecule has 0 spiro atoms. The van der Waals surface area contributed by atoms with Crippen LogP contribution in [0.1, 0.15) is 216 Å². The van der Waals surface area contributed by atoms with E-state index in [1.165, 1.54) is 33.9 Å². The normalized spacial score (nSPS) is 12.6. The van der Waals surface area contributed by atoms with E-state index in [2.05, 4.69) is 88.1 Å². The number of ether oxygens (including phenoxy) is 7. The number of fused-ring (bicyclic) bond motifs is 7. The monoisotopic (exact) mass is 1710 g/mol. The Hall–Kier alpha value is -10.1. The molecule has 0 radical (unpaired) electrons. The highest BCUT2D eigenvalue weighted by Crippen LogP contribution is 2.43. The van der Waals surface area contributed by atoms with Gasteiger partial charge in [-0.1, -0.05) is 17.2 Å². The fraction of sp³-hybridized carbons (Fsp3) is 0.446. The van der Waals surface area contributed by atoms with Crippen LogP contribution in [0.15, 0.2) is 109 Å². The second-order valence-electron chi connectivity index (χ2n) is 38.9. The molecule has 0 N–H and O–H groups in total. The van der Waals surface area contributed by atoms with E-state index >= 15 is 0 Å². The SMILES string of the molecule is CC1=C(C)c2c(F)c(OC(C)(C)C)cc(F)c2C1.Cc1c(C)n(C)c2ccc(OC(C)(C)C)c(F)c12.Cc1c(OC(C)(C)C)ccc2c1cc(C)n2C.Cc1cc2c(Cl)c(OC(C)(C)C)ccc2n1C.Cc1cc2c(F)c(OC(C)(C)C)cc(F)c2n1C.Cc1cc2c(F)c(OC(C)(C)C)ccc2n1C.Cc1cc2cc(OC(C)(C)C)cc(F)c2n1C. The number of hydrogen-bond donors (Lipinski definition) is 0. The van der Waals surface area contributed by atoms with Gasteiger partial charge in [0.1, 0.15) is 62.3 Å². The third kappa shape index (κ3) is 23.2. The summed E-state index contributed by atoms with van der Waals surface area (Å²) < 4.78 is 151. The molecular formula is C101H130ClF7N6O7. The summed E-state index contributed by atoms with van der Waals surface area (Å²) in [6.45, 7) is 60.2. The molecule has 0 saturated carbocycles. The van der Waals surface area contributed by atoms with E-state index in [-0.39, 0.29) is 62.5 Å². The van der Waals surface area contributed by atoms with Crippen LogP contribution in [0.25, 0.3) is 71.0 Å². The van der Waals surface area contributed by atoms with Gasteiger partial charge in [-0.3, -0.25) is 0 Å². The van der Waals surface area contributed by atoms with Gasteiger partial charge in [0.25, 0.3) is 0 Å². The molecule has 0 aliphatic heterocycles. The van der Waals surface area contributed by atoms with Crippen molar-refractivity contribution in [1.29, 1.82) is 0 Å². The van der Waals surface area contributed by atoms with E-state index in [0.29, 0.717) is 56.1 Å². The average molecular weight is 1710 g/mol. The van der Waals surface area contributed by atoms with Crippen molar-refractivity contribution in [3.8, 4) is 40.2 Å². The van der Waals surface area contributed by atoms with Crippen LogP contribution < -0.4 is 33.2 Å². The maximum Gasteiger partial charge on any atom is 0.174 e. The molecule has 122 heavy (non-hydrogen) atoms. The molecule has 13 nitrogen and oxygen atoms in total. The van der Waals surface area contributed by atoms with Crippen molar-refractivity contribution in [2.24, 2.45) is 42.3 Å². The highest BCUT2D eigenvalue weighted by Gasteiger charge is 2.30. The van der Waals surface area contributed by atoms with Crippen LogP contribution in [0, 0.1) is 96.1 Å². The van der Waals surface area contributed by atoms with E-state index in [4.69, 9.17) is 44.8 Å². The van der Waals surface area contributed by atoms with Gasteiger partial charge in [0, 0.05) is 155 Å². The molecule has 13 aromatic rings. The van der Waals surface area contributed by atoms with Crippen molar-refractivity contribution >= 4 is 82.6 Å². The summed E-state index contributed by atoms with van der Waals surface area (Å²) in [4.78, 5) is 0. The molecule has 0 fully saturated rings. The Morgan fingerprint density at radius 3 is 1.16 bits per heavy atom. The Labute approximate surface area is 723 Å². The maximum atomic E-state index is 14.5. The molecule has 6 heterocycles. The molecule has 7 aromatic carbocycles. The number of aromatic nitrogens is 6. The van der Waals surface area contributed by atoms with Gasteiger partial charge in [-0.15, -0.1) is 0 Å². The first kappa shape index (κ1) is 97.4. The van der Waals surface area contributed by atoms with E-state index in [9.17, 15) is 30.7 Å². The van der Waals surface area contributed by atoms with Gasteiger partial charge in [-0.2, -0.15) is 0 Å². The van der Waals surface area contributed by atoms with Crippen molar-refractivity contribution in [1.82, 2.24) is 27.4 Å². The molecule has 0 amide bonds. The Bertz CT molecular complexity index is 5820. The predicted octanol–water partition coefficient (Wildman–Crippen LogP) is 28.4. The summed E-state index contributed by atoms with van der Waals surface area (Å²) in [6, 6.07) is 30.8. The minimum Gasteiger partial charge on any atom is -0.488 e. The summed E-state index contributed by atoms with van der Waals surface area (Å²) >= 11 is 6.39. The van der Waals surface area contributed by atoms with Gasteiger partial charge in [0.15, 0.2) is 57.9 Å². The fourth-order valence-electron chi connectivity index (χ4n) is 14.3. The van der Waals surface area contributed by atoms with Crippen LogP contribution >= 0.6 is 11.6 Å². The lowest BCUT2D eigenvalue weighted by molar-refractivity contribution is 0.123. The molecule has 1 aliphatic rings. The zero-order valence-corrected chi connectivity index (χ0v) is 79.8. The lowest BCUT2D eigenvalue weighted by atomic mass is 10.0. The minimum atomic E-state index is -0.565. The van der Waals surface area contributed by atoms with Gasteiger partial charge in [-0.05, 0) is 317 Å².